The number of aliphatic hydroxyl groups is 1. The van der Waals surface area contributed by atoms with Crippen LogP contribution in [0.4, 0.5) is 29.3 Å². The molecule has 0 aromatic heterocycles. The SMILES string of the molecule is CO[C@@H]1CN(c2ccc([N+](=O)[O-])cc2C(O)C(F)(F)F)CCN1C(=O)OC(C)(C)C. The Morgan fingerprint density at radius 2 is 1.93 bits per heavy atom. The molecule has 0 spiro atoms. The maximum Gasteiger partial charge on any atom is 0.418 e. The summed E-state index contributed by atoms with van der Waals surface area (Å²) < 4.78 is 50.1. The Morgan fingerprint density at radius 1 is 1.30 bits per heavy atom. The van der Waals surface area contributed by atoms with Crippen LogP contribution in [-0.4, -0.2) is 65.8 Å². The Hall–Kier alpha value is -2.60. The molecule has 1 amide bonds. The standard InChI is InChI=1S/C18H24F3N3O6/c1-17(2,3)30-16(26)23-8-7-22(10-14(23)29-4)13-6-5-11(24(27)28)9-12(13)15(25)18(19,20)21/h5-6,9,14-15,25H,7-8,10H2,1-4H3/t14-,15?/m1/s1. The van der Waals surface area contributed by atoms with Crippen molar-refractivity contribution in [2.75, 3.05) is 31.6 Å². The average molecular weight is 435 g/mol. The first kappa shape index (κ1) is 23.7. The molecule has 168 valence electrons. The van der Waals surface area contributed by atoms with Crippen molar-refractivity contribution >= 4 is 17.5 Å². The van der Waals surface area contributed by atoms with E-state index in [-0.39, 0.29) is 25.3 Å². The summed E-state index contributed by atoms with van der Waals surface area (Å²) in [5.41, 5.74) is -1.99. The first-order valence-electron chi connectivity index (χ1n) is 9.05. The van der Waals surface area contributed by atoms with E-state index in [9.17, 15) is 33.2 Å². The Bertz CT molecular complexity index is 796. The number of rotatable bonds is 4. The fourth-order valence-corrected chi connectivity index (χ4v) is 3.04. The van der Waals surface area contributed by atoms with Crippen molar-refractivity contribution in [2.45, 2.75) is 44.9 Å². The van der Waals surface area contributed by atoms with Crippen LogP contribution in [0.3, 0.4) is 0 Å². The molecular weight excluding hydrogens is 411 g/mol. The summed E-state index contributed by atoms with van der Waals surface area (Å²) in [6.45, 7) is 5.26. The molecule has 2 atom stereocenters. The Labute approximate surface area is 171 Å². The van der Waals surface area contributed by atoms with Crippen molar-refractivity contribution in [3.8, 4) is 0 Å². The monoisotopic (exact) mass is 435 g/mol. The molecule has 30 heavy (non-hydrogen) atoms. The number of aliphatic hydroxyl groups excluding tert-OH is 1. The van der Waals surface area contributed by atoms with Gasteiger partial charge < -0.3 is 19.5 Å². The summed E-state index contributed by atoms with van der Waals surface area (Å²) in [5, 5.41) is 20.8. The summed E-state index contributed by atoms with van der Waals surface area (Å²) >= 11 is 0. The highest BCUT2D eigenvalue weighted by Gasteiger charge is 2.43. The second kappa shape index (κ2) is 8.64. The minimum atomic E-state index is -5.01. The molecule has 0 radical (unpaired) electrons. The smallest absolute Gasteiger partial charge is 0.418 e. The highest BCUT2D eigenvalue weighted by atomic mass is 19.4. The molecule has 1 aliphatic heterocycles. The van der Waals surface area contributed by atoms with Crippen molar-refractivity contribution in [3.63, 3.8) is 0 Å². The van der Waals surface area contributed by atoms with Gasteiger partial charge in [0, 0.05) is 43.6 Å². The average Bonchev–Trinajstić information content (AvgIpc) is 2.64. The van der Waals surface area contributed by atoms with Crippen LogP contribution in [0.2, 0.25) is 0 Å². The molecule has 1 heterocycles. The van der Waals surface area contributed by atoms with Crippen LogP contribution in [0.25, 0.3) is 0 Å². The third-order valence-electron chi connectivity index (χ3n) is 4.40. The molecule has 1 N–H and O–H groups in total. The van der Waals surface area contributed by atoms with E-state index in [0.717, 1.165) is 12.1 Å². The lowest BCUT2D eigenvalue weighted by Crippen LogP contribution is -2.57. The van der Waals surface area contributed by atoms with Crippen LogP contribution >= 0.6 is 0 Å². The lowest BCUT2D eigenvalue weighted by molar-refractivity contribution is -0.385. The number of non-ortho nitro benzene ring substituents is 1. The minimum Gasteiger partial charge on any atom is -0.444 e. The van der Waals surface area contributed by atoms with Gasteiger partial charge in [-0.3, -0.25) is 15.0 Å². The van der Waals surface area contributed by atoms with Crippen molar-refractivity contribution < 1.29 is 37.5 Å². The quantitative estimate of drug-likeness (QED) is 0.572. The number of hydrogen-bond donors (Lipinski definition) is 1. The van der Waals surface area contributed by atoms with Gasteiger partial charge in [-0.2, -0.15) is 13.2 Å². The zero-order chi connectivity index (χ0) is 22.9. The number of benzene rings is 1. The summed E-state index contributed by atoms with van der Waals surface area (Å²) in [5.74, 6) is 0. The van der Waals surface area contributed by atoms with Gasteiger partial charge in [-0.25, -0.2) is 4.79 Å². The van der Waals surface area contributed by atoms with Gasteiger partial charge in [0.25, 0.3) is 5.69 Å². The lowest BCUT2D eigenvalue weighted by Gasteiger charge is -2.42. The predicted octanol–water partition coefficient (Wildman–Crippen LogP) is 3.22. The number of anilines is 1. The van der Waals surface area contributed by atoms with E-state index in [2.05, 4.69) is 0 Å². The predicted molar refractivity (Wildman–Crippen MR) is 100 cm³/mol. The van der Waals surface area contributed by atoms with Crippen LogP contribution in [0.5, 0.6) is 0 Å². The summed E-state index contributed by atoms with van der Waals surface area (Å²) in [7, 11) is 1.34. The number of methoxy groups -OCH3 is 1. The molecule has 1 fully saturated rings. The second-order valence-corrected chi connectivity index (χ2v) is 7.75. The first-order valence-corrected chi connectivity index (χ1v) is 9.05. The van der Waals surface area contributed by atoms with Gasteiger partial charge in [-0.1, -0.05) is 0 Å². The Morgan fingerprint density at radius 3 is 2.43 bits per heavy atom. The van der Waals surface area contributed by atoms with Crippen molar-refractivity contribution in [1.82, 2.24) is 4.90 Å². The summed E-state index contributed by atoms with van der Waals surface area (Å²) in [6.07, 6.45) is -9.38. The maximum absolute atomic E-state index is 13.2. The number of nitro groups is 1. The lowest BCUT2D eigenvalue weighted by atomic mass is 10.0. The number of ether oxygens (including phenoxy) is 2. The number of alkyl halides is 3. The van der Waals surface area contributed by atoms with Gasteiger partial charge >= 0.3 is 12.3 Å². The summed E-state index contributed by atoms with van der Waals surface area (Å²) in [4.78, 5) is 25.3. The number of nitrogens with zero attached hydrogens (tertiary/aromatic N) is 3. The highest BCUT2D eigenvalue weighted by molar-refractivity contribution is 5.69. The molecular formula is C18H24F3N3O6. The van der Waals surface area contributed by atoms with Crippen molar-refractivity contribution in [1.29, 1.82) is 0 Å². The minimum absolute atomic E-state index is 0.0227. The molecule has 9 nitrogen and oxygen atoms in total. The molecule has 1 unspecified atom stereocenters. The molecule has 1 aliphatic rings. The fourth-order valence-electron chi connectivity index (χ4n) is 3.04. The van der Waals surface area contributed by atoms with Crippen LogP contribution in [0.1, 0.15) is 32.4 Å². The molecule has 1 aromatic carbocycles. The number of carbonyl (C=O) groups is 1. The zero-order valence-electron chi connectivity index (χ0n) is 17.0. The van der Waals surface area contributed by atoms with Gasteiger partial charge in [0.15, 0.2) is 12.3 Å². The van der Waals surface area contributed by atoms with Crippen LogP contribution < -0.4 is 4.90 Å². The molecule has 2 rings (SSSR count). The van der Waals surface area contributed by atoms with Crippen molar-refractivity contribution in [2.24, 2.45) is 0 Å². The fraction of sp³-hybridized carbons (Fsp3) is 0.611. The third-order valence-corrected chi connectivity index (χ3v) is 4.40. The van der Waals surface area contributed by atoms with Gasteiger partial charge in [0.1, 0.15) is 5.60 Å². The summed E-state index contributed by atoms with van der Waals surface area (Å²) in [6, 6.07) is 2.91. The van der Waals surface area contributed by atoms with Crippen LogP contribution in [0.15, 0.2) is 18.2 Å². The molecule has 1 aromatic rings. The van der Waals surface area contributed by atoms with Gasteiger partial charge in [-0.05, 0) is 26.8 Å². The van der Waals surface area contributed by atoms with E-state index in [1.165, 1.54) is 16.9 Å². The third kappa shape index (κ3) is 5.51. The van der Waals surface area contributed by atoms with E-state index in [1.807, 2.05) is 0 Å². The number of nitro benzene ring substituents is 1. The number of halogens is 3. The van der Waals surface area contributed by atoms with Crippen LogP contribution in [0, 0.1) is 10.1 Å². The molecule has 12 heteroatoms. The van der Waals surface area contributed by atoms with E-state index in [0.29, 0.717) is 6.07 Å². The number of carbonyl (C=O) groups excluding carboxylic acids is 1. The molecule has 0 bridgehead atoms. The normalized spacial score (nSPS) is 18.9. The van der Waals surface area contributed by atoms with Gasteiger partial charge in [0.05, 0.1) is 11.5 Å². The van der Waals surface area contributed by atoms with Crippen molar-refractivity contribution in [3.05, 3.63) is 33.9 Å². The topological polar surface area (TPSA) is 105 Å². The van der Waals surface area contributed by atoms with E-state index >= 15 is 0 Å². The molecule has 0 saturated carbocycles. The highest BCUT2D eigenvalue weighted by Crippen LogP contribution is 2.39. The molecule has 0 aliphatic carbocycles. The number of hydrogen-bond acceptors (Lipinski definition) is 7. The van der Waals surface area contributed by atoms with E-state index in [4.69, 9.17) is 9.47 Å². The van der Waals surface area contributed by atoms with E-state index < -0.39 is 46.4 Å². The van der Waals surface area contributed by atoms with E-state index in [1.54, 1.807) is 20.8 Å². The molecule has 1 saturated heterocycles. The largest absolute Gasteiger partial charge is 0.444 e. The zero-order valence-corrected chi connectivity index (χ0v) is 17.0. The van der Waals surface area contributed by atoms with Gasteiger partial charge in [-0.15, -0.1) is 0 Å². The maximum atomic E-state index is 13.2. The Kier molecular flexibility index (Phi) is 6.82. The van der Waals surface area contributed by atoms with Crippen LogP contribution in [-0.2, 0) is 9.47 Å². The number of piperazine rings is 1. The first-order chi connectivity index (χ1) is 13.7. The Balaban J connectivity index is 2.34. The van der Waals surface area contributed by atoms with Gasteiger partial charge in [0.2, 0.25) is 0 Å². The number of amides is 1. The second-order valence-electron chi connectivity index (χ2n) is 7.75.